The number of rotatable bonds is 4. The van der Waals surface area contributed by atoms with Crippen LogP contribution in [0.5, 0.6) is 0 Å². The van der Waals surface area contributed by atoms with E-state index in [4.69, 9.17) is 5.26 Å². The van der Waals surface area contributed by atoms with Gasteiger partial charge in [-0.2, -0.15) is 5.26 Å². The molecule has 1 saturated heterocycles. The molecular formula is C16H20N2OS. The van der Waals surface area contributed by atoms with Crippen molar-refractivity contribution in [2.45, 2.75) is 31.4 Å². The van der Waals surface area contributed by atoms with Gasteiger partial charge in [-0.25, -0.2) is 0 Å². The maximum absolute atomic E-state index is 12.1. The Bertz CT molecular complexity index is 470. The smallest absolute Gasteiger partial charge is 0.232 e. The molecular weight excluding hydrogens is 268 g/mol. The molecule has 0 atom stereocenters. The van der Waals surface area contributed by atoms with E-state index in [0.29, 0.717) is 11.3 Å². The van der Waals surface area contributed by atoms with E-state index >= 15 is 0 Å². The second kappa shape index (κ2) is 7.96. The van der Waals surface area contributed by atoms with Crippen molar-refractivity contribution in [3.63, 3.8) is 0 Å². The van der Waals surface area contributed by atoms with Gasteiger partial charge in [0.15, 0.2) is 0 Å². The zero-order valence-electron chi connectivity index (χ0n) is 11.7. The van der Waals surface area contributed by atoms with Crippen LogP contribution in [-0.2, 0) is 10.5 Å². The van der Waals surface area contributed by atoms with Crippen molar-refractivity contribution in [2.24, 2.45) is 0 Å². The van der Waals surface area contributed by atoms with E-state index in [2.05, 4.69) is 6.07 Å². The third-order valence-electron chi connectivity index (χ3n) is 3.54. The van der Waals surface area contributed by atoms with E-state index in [1.165, 1.54) is 12.8 Å². The van der Waals surface area contributed by atoms with Gasteiger partial charge in [0.2, 0.25) is 5.91 Å². The number of thioether (sulfide) groups is 1. The number of hydrogen-bond acceptors (Lipinski definition) is 3. The zero-order chi connectivity index (χ0) is 14.2. The summed E-state index contributed by atoms with van der Waals surface area (Å²) in [7, 11) is 0. The van der Waals surface area contributed by atoms with Gasteiger partial charge < -0.3 is 4.90 Å². The molecule has 0 aromatic heterocycles. The highest BCUT2D eigenvalue weighted by Gasteiger charge is 2.14. The van der Waals surface area contributed by atoms with Crippen LogP contribution >= 0.6 is 11.8 Å². The van der Waals surface area contributed by atoms with Gasteiger partial charge >= 0.3 is 0 Å². The molecule has 1 aromatic rings. The lowest BCUT2D eigenvalue weighted by Crippen LogP contribution is -2.33. The van der Waals surface area contributed by atoms with E-state index in [0.717, 1.165) is 37.2 Å². The van der Waals surface area contributed by atoms with Gasteiger partial charge in [0.05, 0.1) is 17.4 Å². The van der Waals surface area contributed by atoms with Crippen LogP contribution < -0.4 is 0 Å². The van der Waals surface area contributed by atoms with Crippen LogP contribution in [0.2, 0.25) is 0 Å². The Hall–Kier alpha value is -1.47. The Balaban J connectivity index is 1.74. The molecule has 1 aliphatic heterocycles. The topological polar surface area (TPSA) is 44.1 Å². The first-order chi connectivity index (χ1) is 9.79. The monoisotopic (exact) mass is 288 g/mol. The molecule has 1 heterocycles. The molecule has 2 rings (SSSR count). The molecule has 20 heavy (non-hydrogen) atoms. The lowest BCUT2D eigenvalue weighted by atomic mass is 10.2. The SMILES string of the molecule is N#Cc1ccc(CSCC(=O)N2CCCCCC2)cc1. The van der Waals surface area contributed by atoms with Crippen LogP contribution in [0.15, 0.2) is 24.3 Å². The molecule has 0 aliphatic carbocycles. The average molecular weight is 288 g/mol. The summed E-state index contributed by atoms with van der Waals surface area (Å²) in [4.78, 5) is 14.1. The maximum Gasteiger partial charge on any atom is 0.232 e. The second-order valence-electron chi connectivity index (χ2n) is 5.10. The van der Waals surface area contributed by atoms with Gasteiger partial charge in [0.25, 0.3) is 0 Å². The number of nitrogens with zero attached hydrogens (tertiary/aromatic N) is 2. The van der Waals surface area contributed by atoms with E-state index < -0.39 is 0 Å². The Labute approximate surface area is 125 Å². The molecule has 0 radical (unpaired) electrons. The van der Waals surface area contributed by atoms with Crippen LogP contribution in [-0.4, -0.2) is 29.6 Å². The molecule has 0 N–H and O–H groups in total. The van der Waals surface area contributed by atoms with Crippen LogP contribution in [0.1, 0.15) is 36.8 Å². The molecule has 0 bridgehead atoms. The molecule has 0 spiro atoms. The van der Waals surface area contributed by atoms with Crippen LogP contribution in [0, 0.1) is 11.3 Å². The first-order valence-electron chi connectivity index (χ1n) is 7.14. The van der Waals surface area contributed by atoms with E-state index in [9.17, 15) is 4.79 Å². The summed E-state index contributed by atoms with van der Waals surface area (Å²) in [5, 5.41) is 8.74. The first kappa shape index (κ1) is 14.9. The Kier molecular flexibility index (Phi) is 5.94. The van der Waals surface area contributed by atoms with Crippen molar-refractivity contribution in [3.8, 4) is 6.07 Å². The van der Waals surface area contributed by atoms with Crippen molar-refractivity contribution in [2.75, 3.05) is 18.8 Å². The summed E-state index contributed by atoms with van der Waals surface area (Å²) < 4.78 is 0. The van der Waals surface area contributed by atoms with Crippen molar-refractivity contribution in [1.29, 1.82) is 5.26 Å². The number of carbonyl (C=O) groups excluding carboxylic acids is 1. The number of likely N-dealkylation sites (tertiary alicyclic amines) is 1. The molecule has 1 fully saturated rings. The highest BCUT2D eigenvalue weighted by Crippen LogP contribution is 2.15. The summed E-state index contributed by atoms with van der Waals surface area (Å²) in [6.45, 7) is 1.85. The van der Waals surface area contributed by atoms with E-state index in [1.54, 1.807) is 11.8 Å². The number of amides is 1. The fraction of sp³-hybridized carbons (Fsp3) is 0.500. The quantitative estimate of drug-likeness (QED) is 0.854. The van der Waals surface area contributed by atoms with Gasteiger partial charge in [-0.1, -0.05) is 25.0 Å². The molecule has 1 aromatic carbocycles. The minimum absolute atomic E-state index is 0.269. The van der Waals surface area contributed by atoms with Gasteiger partial charge in [0.1, 0.15) is 0 Å². The van der Waals surface area contributed by atoms with Gasteiger partial charge in [0, 0.05) is 18.8 Å². The number of benzene rings is 1. The highest BCUT2D eigenvalue weighted by atomic mass is 32.2. The Morgan fingerprint density at radius 1 is 1.15 bits per heavy atom. The number of nitriles is 1. The van der Waals surface area contributed by atoms with Crippen molar-refractivity contribution in [3.05, 3.63) is 35.4 Å². The highest BCUT2D eigenvalue weighted by molar-refractivity contribution is 7.99. The fourth-order valence-corrected chi connectivity index (χ4v) is 3.23. The Morgan fingerprint density at radius 3 is 2.40 bits per heavy atom. The van der Waals surface area contributed by atoms with Crippen LogP contribution in [0.4, 0.5) is 0 Å². The van der Waals surface area contributed by atoms with Crippen molar-refractivity contribution in [1.82, 2.24) is 4.90 Å². The predicted octanol–water partition coefficient (Wildman–Crippen LogP) is 3.19. The maximum atomic E-state index is 12.1. The molecule has 106 valence electrons. The van der Waals surface area contributed by atoms with Gasteiger partial charge in [-0.3, -0.25) is 4.79 Å². The average Bonchev–Trinajstić information content (AvgIpc) is 2.77. The van der Waals surface area contributed by atoms with E-state index in [-0.39, 0.29) is 5.91 Å². The van der Waals surface area contributed by atoms with Crippen molar-refractivity contribution >= 4 is 17.7 Å². The largest absolute Gasteiger partial charge is 0.342 e. The lowest BCUT2D eigenvalue weighted by molar-refractivity contribution is -0.128. The minimum atomic E-state index is 0.269. The summed E-state index contributed by atoms with van der Waals surface area (Å²) in [5.41, 5.74) is 1.84. The summed E-state index contributed by atoms with van der Waals surface area (Å²) in [6, 6.07) is 9.68. The normalized spacial score (nSPS) is 15.4. The molecule has 4 heteroatoms. The number of hydrogen-bond donors (Lipinski definition) is 0. The standard InChI is InChI=1S/C16H20N2OS/c17-11-14-5-7-15(8-6-14)12-20-13-16(19)18-9-3-1-2-4-10-18/h5-8H,1-4,9-10,12-13H2. The Morgan fingerprint density at radius 2 is 1.80 bits per heavy atom. The van der Waals surface area contributed by atoms with Crippen LogP contribution in [0.3, 0.4) is 0 Å². The third-order valence-corrected chi connectivity index (χ3v) is 4.52. The van der Waals surface area contributed by atoms with Gasteiger partial charge in [-0.05, 0) is 30.5 Å². The third kappa shape index (κ3) is 4.57. The summed E-state index contributed by atoms with van der Waals surface area (Å²) >= 11 is 1.65. The summed E-state index contributed by atoms with van der Waals surface area (Å²) in [5.74, 6) is 1.65. The molecule has 3 nitrogen and oxygen atoms in total. The second-order valence-corrected chi connectivity index (χ2v) is 6.08. The fourth-order valence-electron chi connectivity index (χ4n) is 2.34. The minimum Gasteiger partial charge on any atom is -0.342 e. The zero-order valence-corrected chi connectivity index (χ0v) is 12.5. The molecule has 0 unspecified atom stereocenters. The molecule has 1 amide bonds. The van der Waals surface area contributed by atoms with Crippen LogP contribution in [0.25, 0.3) is 0 Å². The molecule has 1 aliphatic rings. The van der Waals surface area contributed by atoms with Crippen molar-refractivity contribution < 1.29 is 4.79 Å². The van der Waals surface area contributed by atoms with E-state index in [1.807, 2.05) is 29.2 Å². The lowest BCUT2D eigenvalue weighted by Gasteiger charge is -2.19. The number of carbonyl (C=O) groups is 1. The predicted molar refractivity (Wildman–Crippen MR) is 82.4 cm³/mol. The summed E-state index contributed by atoms with van der Waals surface area (Å²) in [6.07, 6.45) is 4.79. The van der Waals surface area contributed by atoms with Gasteiger partial charge in [-0.15, -0.1) is 11.8 Å². The first-order valence-corrected chi connectivity index (χ1v) is 8.29. The molecule has 0 saturated carbocycles.